The maximum Gasteiger partial charge on any atom is 0.410 e. The number of amides is 1. The molecule has 7 atom stereocenters. The molecule has 1 unspecified atom stereocenters. The molecule has 0 aromatic carbocycles. The highest BCUT2D eigenvalue weighted by Gasteiger charge is 2.72. The Balaban J connectivity index is 1.30. The zero-order valence-corrected chi connectivity index (χ0v) is 22.8. The molecule has 1 amide bonds. The van der Waals surface area contributed by atoms with Crippen LogP contribution in [0.5, 0.6) is 0 Å². The zero-order valence-electron chi connectivity index (χ0n) is 21.8. The van der Waals surface area contributed by atoms with Gasteiger partial charge in [0.05, 0.1) is 25.0 Å². The number of epoxide rings is 2. The van der Waals surface area contributed by atoms with Gasteiger partial charge in [-0.3, -0.25) is 9.69 Å². The van der Waals surface area contributed by atoms with Crippen molar-refractivity contribution in [2.75, 3.05) is 52.8 Å². The fourth-order valence-corrected chi connectivity index (χ4v) is 6.07. The van der Waals surface area contributed by atoms with Gasteiger partial charge in [-0.1, -0.05) is 11.6 Å². The van der Waals surface area contributed by atoms with Crippen LogP contribution < -0.4 is 0 Å². The van der Waals surface area contributed by atoms with E-state index >= 15 is 0 Å². The lowest BCUT2D eigenvalue weighted by molar-refractivity contribution is -0.142. The highest BCUT2D eigenvalue weighted by molar-refractivity contribution is 7.31. The van der Waals surface area contributed by atoms with Gasteiger partial charge in [-0.2, -0.15) is 0 Å². The topological polar surface area (TPSA) is 93.4 Å². The van der Waals surface area contributed by atoms with Gasteiger partial charge in [-0.05, 0) is 40.0 Å². The third-order valence-corrected chi connectivity index (χ3v) is 8.29. The van der Waals surface area contributed by atoms with Gasteiger partial charge in [0, 0.05) is 39.8 Å². The maximum absolute atomic E-state index is 13.1. The van der Waals surface area contributed by atoms with Gasteiger partial charge in [0.1, 0.15) is 38.6 Å². The van der Waals surface area contributed by atoms with E-state index in [4.69, 9.17) is 23.7 Å². The van der Waals surface area contributed by atoms with E-state index in [2.05, 4.69) is 31.7 Å². The maximum atomic E-state index is 13.1. The molecule has 0 aromatic rings. The van der Waals surface area contributed by atoms with Crippen LogP contribution in [0.4, 0.5) is 8.99 Å². The Bertz CT molecular complexity index is 829. The second-order valence-electron chi connectivity index (χ2n) is 10.7. The number of hydrogen-bond acceptors (Lipinski definition) is 8. The van der Waals surface area contributed by atoms with Gasteiger partial charge >= 0.3 is 12.1 Å². The van der Waals surface area contributed by atoms with Crippen molar-refractivity contribution in [1.29, 1.82) is 0 Å². The van der Waals surface area contributed by atoms with Crippen LogP contribution in [0, 0.1) is 5.92 Å². The Morgan fingerprint density at radius 3 is 2.56 bits per heavy atom. The molecule has 1 saturated carbocycles. The van der Waals surface area contributed by atoms with Gasteiger partial charge in [0.2, 0.25) is 0 Å². The van der Waals surface area contributed by atoms with Crippen molar-refractivity contribution in [2.24, 2.45) is 5.92 Å². The van der Waals surface area contributed by atoms with E-state index in [0.717, 1.165) is 12.8 Å². The van der Waals surface area contributed by atoms with Crippen molar-refractivity contribution in [3.05, 3.63) is 11.6 Å². The average molecular weight is 531 g/mol. The molecule has 0 aromatic heterocycles. The summed E-state index contributed by atoms with van der Waals surface area (Å²) in [7, 11) is 0.786. The van der Waals surface area contributed by atoms with Crippen LogP contribution in [0.25, 0.3) is 0 Å². The van der Waals surface area contributed by atoms with Crippen molar-refractivity contribution in [1.82, 2.24) is 9.80 Å². The number of carbonyl (C=O) groups is 2. The van der Waals surface area contributed by atoms with E-state index in [1.807, 2.05) is 0 Å². The monoisotopic (exact) mass is 530 g/mol. The average Bonchev–Trinajstić information content (AvgIpc) is 3.78. The lowest BCUT2D eigenvalue weighted by Crippen LogP contribution is -2.57. The summed E-state index contributed by atoms with van der Waals surface area (Å²) in [6, 6.07) is 0. The molecule has 11 heteroatoms. The summed E-state index contributed by atoms with van der Waals surface area (Å²) in [5, 5.41) is 0. The molecule has 0 N–H and O–H groups in total. The standard InChI is InChI=1S/C25H40FN2O7P/c1-17(2)5-6-19-24(3,35-19)22-21(31-4)18(7-9-25(22)15-33-25)34-23(30)28-13-11-27(12-14-28)10-8-20(29)32-16-36-26/h5,18-19,21-22,36H,6-16H2,1-4H3/t18-,19-,21-,22-,24+,25+/m1/s1. The molecule has 3 aliphatic heterocycles. The van der Waals surface area contributed by atoms with E-state index in [1.54, 1.807) is 12.0 Å². The summed E-state index contributed by atoms with van der Waals surface area (Å²) in [5.74, 6) is -0.403. The van der Waals surface area contributed by atoms with Crippen molar-refractivity contribution < 1.29 is 37.5 Å². The first kappa shape index (κ1) is 27.7. The Hall–Kier alpha value is -1.32. The van der Waals surface area contributed by atoms with Gasteiger partial charge in [0.15, 0.2) is 0 Å². The van der Waals surface area contributed by atoms with E-state index in [-0.39, 0.29) is 54.3 Å². The number of nitrogens with zero attached hydrogens (tertiary/aromatic N) is 2. The molecule has 3 saturated heterocycles. The molecule has 0 bridgehead atoms. The number of carbonyl (C=O) groups excluding carboxylic acids is 2. The lowest BCUT2D eigenvalue weighted by atomic mass is 9.68. The molecule has 4 fully saturated rings. The van der Waals surface area contributed by atoms with Crippen LogP contribution in [-0.4, -0.2) is 104 Å². The number of methoxy groups -OCH3 is 1. The van der Waals surface area contributed by atoms with Crippen LogP contribution >= 0.6 is 8.89 Å². The number of rotatable bonds is 10. The van der Waals surface area contributed by atoms with E-state index in [9.17, 15) is 13.8 Å². The fraction of sp³-hybridized carbons (Fsp3) is 0.840. The van der Waals surface area contributed by atoms with Gasteiger partial charge in [-0.25, -0.2) is 8.99 Å². The third kappa shape index (κ3) is 6.21. The van der Waals surface area contributed by atoms with Crippen molar-refractivity contribution in [3.8, 4) is 0 Å². The minimum atomic E-state index is -0.890. The van der Waals surface area contributed by atoms with Crippen LogP contribution in [0.2, 0.25) is 0 Å². The first-order valence-electron chi connectivity index (χ1n) is 12.9. The first-order valence-corrected chi connectivity index (χ1v) is 14.0. The highest BCUT2D eigenvalue weighted by atomic mass is 31.1. The number of ether oxygens (including phenoxy) is 5. The summed E-state index contributed by atoms with van der Waals surface area (Å²) in [5.41, 5.74) is 0.641. The summed E-state index contributed by atoms with van der Waals surface area (Å²) < 4.78 is 41.2. The molecule has 9 nitrogen and oxygen atoms in total. The van der Waals surface area contributed by atoms with Crippen LogP contribution in [-0.2, 0) is 28.5 Å². The number of piperazine rings is 1. The number of allylic oxidation sites excluding steroid dienone is 1. The second kappa shape index (κ2) is 11.6. The second-order valence-corrected chi connectivity index (χ2v) is 11.2. The number of hydrogen-bond donors (Lipinski definition) is 0. The Morgan fingerprint density at radius 1 is 1.22 bits per heavy atom. The molecular weight excluding hydrogens is 490 g/mol. The van der Waals surface area contributed by atoms with Gasteiger partial charge < -0.3 is 28.6 Å². The lowest BCUT2D eigenvalue weighted by Gasteiger charge is -2.43. The smallest absolute Gasteiger partial charge is 0.410 e. The van der Waals surface area contributed by atoms with Crippen LogP contribution in [0.15, 0.2) is 11.6 Å². The first-order chi connectivity index (χ1) is 17.2. The largest absolute Gasteiger partial charge is 0.459 e. The van der Waals surface area contributed by atoms with E-state index in [1.165, 1.54) is 5.57 Å². The Morgan fingerprint density at radius 2 is 1.94 bits per heavy atom. The third-order valence-electron chi connectivity index (χ3n) is 8.04. The Labute approximate surface area is 214 Å². The van der Waals surface area contributed by atoms with E-state index in [0.29, 0.717) is 45.8 Å². The molecule has 1 spiro atoms. The molecule has 4 rings (SSSR count). The summed E-state index contributed by atoms with van der Waals surface area (Å²) in [6.45, 7) is 9.85. The Kier molecular flexibility index (Phi) is 8.93. The molecule has 204 valence electrons. The summed E-state index contributed by atoms with van der Waals surface area (Å²) >= 11 is 0. The zero-order chi connectivity index (χ0) is 25.9. The van der Waals surface area contributed by atoms with E-state index < -0.39 is 14.9 Å². The summed E-state index contributed by atoms with van der Waals surface area (Å²) in [6.07, 6.45) is 3.71. The summed E-state index contributed by atoms with van der Waals surface area (Å²) in [4.78, 5) is 28.5. The minimum Gasteiger partial charge on any atom is -0.459 e. The minimum absolute atomic E-state index is 0.00774. The molecule has 36 heavy (non-hydrogen) atoms. The fourth-order valence-electron chi connectivity index (χ4n) is 5.86. The quantitative estimate of drug-likeness (QED) is 0.184. The predicted octanol–water partition coefficient (Wildman–Crippen LogP) is 3.27. The highest BCUT2D eigenvalue weighted by Crippen LogP contribution is 2.59. The van der Waals surface area contributed by atoms with Gasteiger partial charge in [0.25, 0.3) is 0 Å². The molecule has 0 radical (unpaired) electrons. The van der Waals surface area contributed by atoms with Crippen molar-refractivity contribution in [3.63, 3.8) is 0 Å². The molecule has 1 aliphatic carbocycles. The molecule has 3 heterocycles. The van der Waals surface area contributed by atoms with Crippen LogP contribution in [0.3, 0.4) is 0 Å². The van der Waals surface area contributed by atoms with Crippen LogP contribution in [0.1, 0.15) is 46.5 Å². The SMILES string of the molecule is CO[C@@H]1[C@H](OC(=O)N2CCN(CCC(=O)OCPF)CC2)CC[C@]2(CO2)[C@H]1[C@@]1(C)O[C@@H]1CC=C(C)C. The number of halogens is 1. The molecule has 4 aliphatic rings. The number of esters is 1. The normalized spacial score (nSPS) is 36.2. The molecular formula is C25H40FN2O7P. The van der Waals surface area contributed by atoms with Crippen molar-refractivity contribution >= 4 is 21.0 Å². The predicted molar refractivity (Wildman–Crippen MR) is 133 cm³/mol. The van der Waals surface area contributed by atoms with Gasteiger partial charge in [-0.15, -0.1) is 0 Å². The van der Waals surface area contributed by atoms with Crippen molar-refractivity contribution in [2.45, 2.75) is 76.0 Å².